The van der Waals surface area contributed by atoms with Gasteiger partial charge in [0.05, 0.1) is 19.9 Å². The lowest BCUT2D eigenvalue weighted by molar-refractivity contribution is -0.137. The minimum absolute atomic E-state index is 0.0583. The van der Waals surface area contributed by atoms with Crippen molar-refractivity contribution in [2.24, 2.45) is 0 Å². The summed E-state index contributed by atoms with van der Waals surface area (Å²) in [5.74, 6) is -1.28. The molecule has 0 fully saturated rings. The van der Waals surface area contributed by atoms with Crippen LogP contribution >= 0.6 is 0 Å². The lowest BCUT2D eigenvalue weighted by Gasteiger charge is -2.04. The van der Waals surface area contributed by atoms with Gasteiger partial charge in [-0.25, -0.2) is 19.4 Å². The van der Waals surface area contributed by atoms with Gasteiger partial charge in [-0.15, -0.1) is 5.10 Å². The molecule has 2 aromatic heterocycles. The molecule has 0 aliphatic rings. The SMILES string of the molecule is COC(=O)c1nccc(NCc2cn(CC(=O)O)nn2)n1. The lowest BCUT2D eigenvalue weighted by Crippen LogP contribution is -2.10. The highest BCUT2D eigenvalue weighted by Crippen LogP contribution is 2.05. The predicted octanol–water partition coefficient (Wildman–Crippen LogP) is -0.449. The van der Waals surface area contributed by atoms with Gasteiger partial charge in [-0.1, -0.05) is 5.21 Å². The van der Waals surface area contributed by atoms with Crippen molar-refractivity contribution in [2.45, 2.75) is 13.1 Å². The monoisotopic (exact) mass is 292 g/mol. The van der Waals surface area contributed by atoms with Crippen LogP contribution in [0.3, 0.4) is 0 Å². The first-order valence-electron chi connectivity index (χ1n) is 5.84. The molecule has 0 radical (unpaired) electrons. The zero-order valence-corrected chi connectivity index (χ0v) is 11.1. The maximum absolute atomic E-state index is 11.3. The predicted molar refractivity (Wildman–Crippen MR) is 68.4 cm³/mol. The number of aromatic nitrogens is 5. The molecular formula is C11H12N6O4. The third-order valence-corrected chi connectivity index (χ3v) is 2.36. The zero-order chi connectivity index (χ0) is 15.2. The summed E-state index contributed by atoms with van der Waals surface area (Å²) in [7, 11) is 1.24. The van der Waals surface area contributed by atoms with Crippen molar-refractivity contribution in [3.63, 3.8) is 0 Å². The number of nitrogens with one attached hydrogen (secondary N) is 1. The Hall–Kier alpha value is -3.04. The highest BCUT2D eigenvalue weighted by atomic mass is 16.5. The molecule has 0 saturated heterocycles. The Kier molecular flexibility index (Phi) is 4.39. The average molecular weight is 292 g/mol. The third-order valence-electron chi connectivity index (χ3n) is 2.36. The Morgan fingerprint density at radius 2 is 2.29 bits per heavy atom. The van der Waals surface area contributed by atoms with Crippen molar-refractivity contribution in [2.75, 3.05) is 12.4 Å². The molecule has 2 aromatic rings. The van der Waals surface area contributed by atoms with Gasteiger partial charge < -0.3 is 15.2 Å². The molecule has 10 heteroatoms. The molecule has 0 saturated carbocycles. The number of hydrogen-bond acceptors (Lipinski definition) is 8. The second-order valence-corrected chi connectivity index (χ2v) is 3.91. The van der Waals surface area contributed by atoms with Crippen LogP contribution in [0.5, 0.6) is 0 Å². The quantitative estimate of drug-likeness (QED) is 0.679. The first-order valence-corrected chi connectivity index (χ1v) is 5.84. The average Bonchev–Trinajstić information content (AvgIpc) is 2.91. The topological polar surface area (TPSA) is 132 Å². The molecule has 2 N–H and O–H groups in total. The Morgan fingerprint density at radius 1 is 1.48 bits per heavy atom. The molecule has 0 amide bonds. The fraction of sp³-hybridized carbons (Fsp3) is 0.273. The Labute approximate surface area is 118 Å². The minimum atomic E-state index is -1.00. The zero-order valence-electron chi connectivity index (χ0n) is 11.1. The summed E-state index contributed by atoms with van der Waals surface area (Å²) in [5, 5.41) is 19.0. The van der Waals surface area contributed by atoms with Gasteiger partial charge in [-0.05, 0) is 6.07 Å². The molecule has 10 nitrogen and oxygen atoms in total. The maximum Gasteiger partial charge on any atom is 0.376 e. The van der Waals surface area contributed by atoms with Crippen molar-refractivity contribution in [3.8, 4) is 0 Å². The molecule has 0 bridgehead atoms. The molecule has 0 unspecified atom stereocenters. The molecule has 0 aliphatic carbocycles. The fourth-order valence-corrected chi connectivity index (χ4v) is 1.46. The summed E-state index contributed by atoms with van der Waals surface area (Å²) in [5.41, 5.74) is 0.537. The normalized spacial score (nSPS) is 10.1. The van der Waals surface area contributed by atoms with Crippen molar-refractivity contribution in [1.82, 2.24) is 25.0 Å². The second-order valence-electron chi connectivity index (χ2n) is 3.91. The van der Waals surface area contributed by atoms with Crippen LogP contribution in [0.4, 0.5) is 5.82 Å². The van der Waals surface area contributed by atoms with Crippen LogP contribution in [0.15, 0.2) is 18.5 Å². The number of anilines is 1. The van der Waals surface area contributed by atoms with Crippen LogP contribution in [0.1, 0.15) is 16.3 Å². The summed E-state index contributed by atoms with van der Waals surface area (Å²) in [6.07, 6.45) is 2.92. The Bertz CT molecular complexity index is 656. The number of rotatable bonds is 6. The summed E-state index contributed by atoms with van der Waals surface area (Å²) >= 11 is 0. The molecule has 0 spiro atoms. The van der Waals surface area contributed by atoms with Crippen molar-refractivity contribution < 1.29 is 19.4 Å². The first-order chi connectivity index (χ1) is 10.1. The highest BCUT2D eigenvalue weighted by Gasteiger charge is 2.10. The molecule has 0 atom stereocenters. The number of aliphatic carboxylic acids is 1. The van der Waals surface area contributed by atoms with E-state index in [4.69, 9.17) is 5.11 Å². The molecule has 21 heavy (non-hydrogen) atoms. The Balaban J connectivity index is 1.98. The van der Waals surface area contributed by atoms with Gasteiger partial charge in [0.1, 0.15) is 18.1 Å². The van der Waals surface area contributed by atoms with Gasteiger partial charge in [0.15, 0.2) is 0 Å². The number of ether oxygens (including phenoxy) is 1. The lowest BCUT2D eigenvalue weighted by atomic mass is 10.4. The number of carboxylic acids is 1. The summed E-state index contributed by atoms with van der Waals surface area (Å²) in [4.78, 5) is 29.6. The van der Waals surface area contributed by atoms with E-state index in [9.17, 15) is 9.59 Å². The smallest absolute Gasteiger partial charge is 0.376 e. The van der Waals surface area contributed by atoms with Gasteiger partial charge in [0.2, 0.25) is 5.82 Å². The summed E-state index contributed by atoms with van der Waals surface area (Å²) < 4.78 is 5.73. The van der Waals surface area contributed by atoms with E-state index in [1.165, 1.54) is 24.2 Å². The van der Waals surface area contributed by atoms with Crippen molar-refractivity contribution >= 4 is 17.8 Å². The van der Waals surface area contributed by atoms with Crippen LogP contribution in [-0.2, 0) is 22.6 Å². The number of nitrogens with zero attached hydrogens (tertiary/aromatic N) is 5. The minimum Gasteiger partial charge on any atom is -0.480 e. The van der Waals surface area contributed by atoms with Gasteiger partial charge in [0, 0.05) is 6.20 Å². The number of methoxy groups -OCH3 is 1. The van der Waals surface area contributed by atoms with Crippen LogP contribution in [0.2, 0.25) is 0 Å². The van der Waals surface area contributed by atoms with Crippen molar-refractivity contribution in [3.05, 3.63) is 30.0 Å². The number of esters is 1. The maximum atomic E-state index is 11.3. The Morgan fingerprint density at radius 3 is 3.00 bits per heavy atom. The standard InChI is InChI=1S/C11H12N6O4/c1-21-11(20)10-12-3-2-8(14-10)13-4-7-5-17(16-15-7)6-9(18)19/h2-3,5H,4,6H2,1H3,(H,18,19)(H,12,13,14). The van der Waals surface area contributed by atoms with Gasteiger partial charge in [0.25, 0.3) is 0 Å². The highest BCUT2D eigenvalue weighted by molar-refractivity contribution is 5.85. The van der Waals surface area contributed by atoms with Gasteiger partial charge in [-0.3, -0.25) is 4.79 Å². The third kappa shape index (κ3) is 3.96. The number of carboxylic acid groups (broad SMARTS) is 1. The van der Waals surface area contributed by atoms with E-state index in [1.807, 2.05) is 0 Å². The van der Waals surface area contributed by atoms with E-state index in [2.05, 4.69) is 30.3 Å². The molecule has 110 valence electrons. The summed E-state index contributed by atoms with van der Waals surface area (Å²) in [6.45, 7) is 0.0181. The van der Waals surface area contributed by atoms with Crippen LogP contribution < -0.4 is 5.32 Å². The van der Waals surface area contributed by atoms with E-state index >= 15 is 0 Å². The molecule has 0 aromatic carbocycles. The number of carbonyl (C=O) groups excluding carboxylic acids is 1. The van der Waals surface area contributed by atoms with Gasteiger partial charge >= 0.3 is 11.9 Å². The second kappa shape index (κ2) is 6.41. The van der Waals surface area contributed by atoms with E-state index in [1.54, 1.807) is 6.07 Å². The fourth-order valence-electron chi connectivity index (χ4n) is 1.46. The number of carbonyl (C=O) groups is 2. The van der Waals surface area contributed by atoms with Crippen LogP contribution in [0, 0.1) is 0 Å². The van der Waals surface area contributed by atoms with Crippen LogP contribution in [-0.4, -0.2) is 49.1 Å². The van der Waals surface area contributed by atoms with Crippen molar-refractivity contribution in [1.29, 1.82) is 0 Å². The largest absolute Gasteiger partial charge is 0.480 e. The van der Waals surface area contributed by atoms with E-state index in [0.717, 1.165) is 0 Å². The van der Waals surface area contributed by atoms with E-state index < -0.39 is 11.9 Å². The summed E-state index contributed by atoms with van der Waals surface area (Å²) in [6, 6.07) is 1.58. The van der Waals surface area contributed by atoms with E-state index in [0.29, 0.717) is 11.5 Å². The molecular weight excluding hydrogens is 280 g/mol. The molecule has 0 aliphatic heterocycles. The van der Waals surface area contributed by atoms with Crippen LogP contribution in [0.25, 0.3) is 0 Å². The van der Waals surface area contributed by atoms with Gasteiger partial charge in [-0.2, -0.15) is 0 Å². The first kappa shape index (κ1) is 14.4. The molecule has 2 heterocycles. The van der Waals surface area contributed by atoms with E-state index in [-0.39, 0.29) is 18.9 Å². The molecule has 2 rings (SSSR count). The number of hydrogen-bond donors (Lipinski definition) is 2.